The summed E-state index contributed by atoms with van der Waals surface area (Å²) in [5.41, 5.74) is 5.68. The highest BCUT2D eigenvalue weighted by molar-refractivity contribution is 7.20. The predicted octanol–water partition coefficient (Wildman–Crippen LogP) is 3.86. The first-order valence-electron chi connectivity index (χ1n) is 9.19. The second-order valence-electron chi connectivity index (χ2n) is 7.44. The van der Waals surface area contributed by atoms with Crippen LogP contribution in [0.4, 0.5) is 4.39 Å². The number of halogens is 1. The summed E-state index contributed by atoms with van der Waals surface area (Å²) >= 11 is 1.45. The van der Waals surface area contributed by atoms with E-state index in [1.165, 1.54) is 29.4 Å². The van der Waals surface area contributed by atoms with Crippen molar-refractivity contribution < 1.29 is 14.0 Å². The lowest BCUT2D eigenvalue weighted by molar-refractivity contribution is -0.128. The molecule has 0 saturated heterocycles. The van der Waals surface area contributed by atoms with Crippen LogP contribution in [0, 0.1) is 5.82 Å². The number of fused-ring (bicyclic) bond motifs is 1. The fourth-order valence-electron chi connectivity index (χ4n) is 3.55. The number of rotatable bonds is 4. The molecule has 1 aliphatic rings. The van der Waals surface area contributed by atoms with Gasteiger partial charge in [0.05, 0.1) is 16.8 Å². The second kappa shape index (κ2) is 7.08. The van der Waals surface area contributed by atoms with Gasteiger partial charge in [0.2, 0.25) is 5.91 Å². The number of carbonyl (C=O) groups excluding carboxylic acids is 2. The zero-order valence-electron chi connectivity index (χ0n) is 16.1. The van der Waals surface area contributed by atoms with Gasteiger partial charge in [-0.3, -0.25) is 14.5 Å². The quantitative estimate of drug-likeness (QED) is 0.665. The van der Waals surface area contributed by atoms with Gasteiger partial charge in [-0.1, -0.05) is 24.3 Å². The van der Waals surface area contributed by atoms with E-state index in [4.69, 9.17) is 5.73 Å². The SMILES string of the molecule is CN1C(=O)CC(C)(c2cc(CC(=O)c3cc4ccccc4s3)ccc2F)N=C1N. The first-order valence-corrected chi connectivity index (χ1v) is 10.0. The molecular formula is C22H20FN3O2S. The van der Waals surface area contributed by atoms with Crippen LogP contribution >= 0.6 is 11.3 Å². The van der Waals surface area contributed by atoms with Crippen molar-refractivity contribution in [2.45, 2.75) is 25.3 Å². The number of nitrogens with two attached hydrogens (primary N) is 1. The maximum absolute atomic E-state index is 14.6. The Bertz CT molecular complexity index is 1140. The number of carbonyl (C=O) groups is 2. The number of thiophene rings is 1. The Balaban J connectivity index is 1.65. The monoisotopic (exact) mass is 409 g/mol. The topological polar surface area (TPSA) is 75.8 Å². The molecule has 1 atom stereocenters. The molecule has 29 heavy (non-hydrogen) atoms. The molecule has 0 fully saturated rings. The minimum absolute atomic E-state index is 0.00876. The summed E-state index contributed by atoms with van der Waals surface area (Å²) < 4.78 is 15.7. The lowest BCUT2D eigenvalue weighted by atomic mass is 9.85. The molecule has 0 aliphatic carbocycles. The number of aliphatic imine (C=N–C) groups is 1. The fourth-order valence-corrected chi connectivity index (χ4v) is 4.55. The van der Waals surface area contributed by atoms with E-state index in [-0.39, 0.29) is 36.1 Å². The summed E-state index contributed by atoms with van der Waals surface area (Å²) in [6.45, 7) is 1.68. The number of hydrogen-bond donors (Lipinski definition) is 1. The van der Waals surface area contributed by atoms with Crippen LogP contribution in [0.3, 0.4) is 0 Å². The van der Waals surface area contributed by atoms with Crippen LogP contribution in [-0.4, -0.2) is 29.6 Å². The minimum atomic E-state index is -1.10. The molecule has 1 amide bonds. The molecule has 1 aliphatic heterocycles. The van der Waals surface area contributed by atoms with Crippen molar-refractivity contribution in [1.29, 1.82) is 0 Å². The first kappa shape index (κ1) is 19.3. The number of guanidine groups is 1. The predicted molar refractivity (Wildman–Crippen MR) is 113 cm³/mol. The molecule has 0 radical (unpaired) electrons. The van der Waals surface area contributed by atoms with E-state index < -0.39 is 11.4 Å². The molecule has 7 heteroatoms. The van der Waals surface area contributed by atoms with Crippen molar-refractivity contribution in [2.75, 3.05) is 7.05 Å². The molecule has 3 aromatic rings. The Labute approximate surface area is 171 Å². The number of hydrogen-bond acceptors (Lipinski definition) is 5. The number of benzene rings is 2. The second-order valence-corrected chi connectivity index (χ2v) is 8.52. The van der Waals surface area contributed by atoms with Gasteiger partial charge in [-0.25, -0.2) is 9.38 Å². The summed E-state index contributed by atoms with van der Waals surface area (Å²) in [5, 5.41) is 1.03. The van der Waals surface area contributed by atoms with Crippen molar-refractivity contribution in [3.63, 3.8) is 0 Å². The molecule has 4 rings (SSSR count). The third-order valence-electron chi connectivity index (χ3n) is 5.25. The van der Waals surface area contributed by atoms with Gasteiger partial charge < -0.3 is 5.73 Å². The Morgan fingerprint density at radius 3 is 2.76 bits per heavy atom. The summed E-state index contributed by atoms with van der Waals surface area (Å²) in [7, 11) is 1.54. The van der Waals surface area contributed by atoms with Crippen LogP contribution in [0.15, 0.2) is 53.5 Å². The third kappa shape index (κ3) is 3.53. The van der Waals surface area contributed by atoms with Gasteiger partial charge in [0.25, 0.3) is 0 Å². The Morgan fingerprint density at radius 1 is 1.28 bits per heavy atom. The van der Waals surface area contributed by atoms with Crippen molar-refractivity contribution in [3.05, 3.63) is 70.4 Å². The van der Waals surface area contributed by atoms with Gasteiger partial charge in [0.1, 0.15) is 5.82 Å². The molecule has 2 N–H and O–H groups in total. The van der Waals surface area contributed by atoms with Crippen LogP contribution in [-0.2, 0) is 16.8 Å². The van der Waals surface area contributed by atoms with Crippen LogP contribution in [0.1, 0.15) is 34.1 Å². The normalized spacial score (nSPS) is 19.5. The molecule has 1 unspecified atom stereocenters. The summed E-state index contributed by atoms with van der Waals surface area (Å²) in [6.07, 6.45) is 0.151. The van der Waals surface area contributed by atoms with E-state index in [0.717, 1.165) is 10.1 Å². The highest BCUT2D eigenvalue weighted by atomic mass is 32.1. The number of nitrogens with zero attached hydrogens (tertiary/aromatic N) is 2. The molecule has 1 aromatic heterocycles. The van der Waals surface area contributed by atoms with E-state index >= 15 is 0 Å². The number of ketones is 1. The lowest BCUT2D eigenvalue weighted by Crippen LogP contribution is -2.47. The Hall–Kier alpha value is -3.06. The molecule has 2 heterocycles. The molecule has 148 valence electrons. The summed E-state index contributed by atoms with van der Waals surface area (Å²) in [5.74, 6) is -0.683. The standard InChI is InChI=1S/C22H20FN3O2S/c1-22(12-20(28)26(2)21(24)25-22)15-9-13(7-8-16(15)23)10-17(27)19-11-14-5-3-4-6-18(14)29-19/h3-9,11H,10,12H2,1-2H3,(H2,24,25). The van der Waals surface area contributed by atoms with Crippen LogP contribution in [0.25, 0.3) is 10.1 Å². The van der Waals surface area contributed by atoms with Gasteiger partial charge in [0.15, 0.2) is 11.7 Å². The summed E-state index contributed by atoms with van der Waals surface area (Å²) in [4.78, 5) is 31.3. The Morgan fingerprint density at radius 2 is 2.03 bits per heavy atom. The summed E-state index contributed by atoms with van der Waals surface area (Å²) in [6, 6.07) is 14.2. The van der Waals surface area contributed by atoms with Gasteiger partial charge >= 0.3 is 0 Å². The van der Waals surface area contributed by atoms with Gasteiger partial charge in [0, 0.05) is 23.7 Å². The van der Waals surface area contributed by atoms with E-state index in [0.29, 0.717) is 10.4 Å². The molecule has 5 nitrogen and oxygen atoms in total. The largest absolute Gasteiger partial charge is 0.369 e. The Kier molecular flexibility index (Phi) is 4.70. The van der Waals surface area contributed by atoms with Crippen molar-refractivity contribution in [2.24, 2.45) is 10.7 Å². The van der Waals surface area contributed by atoms with Gasteiger partial charge in [-0.05, 0) is 42.1 Å². The zero-order valence-corrected chi connectivity index (χ0v) is 16.9. The number of amides is 1. The van der Waals surface area contributed by atoms with E-state index in [1.807, 2.05) is 30.3 Å². The van der Waals surface area contributed by atoms with Crippen molar-refractivity contribution in [1.82, 2.24) is 4.90 Å². The molecule has 0 spiro atoms. The van der Waals surface area contributed by atoms with E-state index in [9.17, 15) is 14.0 Å². The average molecular weight is 409 g/mol. The molecule has 0 saturated carbocycles. The minimum Gasteiger partial charge on any atom is -0.369 e. The van der Waals surface area contributed by atoms with Crippen molar-refractivity contribution >= 4 is 39.1 Å². The van der Waals surface area contributed by atoms with E-state index in [2.05, 4.69) is 4.99 Å². The fraction of sp³-hybridized carbons (Fsp3) is 0.227. The maximum atomic E-state index is 14.6. The molecule has 0 bridgehead atoms. The van der Waals surface area contributed by atoms with Crippen LogP contribution < -0.4 is 5.73 Å². The molecule has 2 aromatic carbocycles. The maximum Gasteiger partial charge on any atom is 0.231 e. The average Bonchev–Trinajstić information content (AvgIpc) is 3.12. The first-order chi connectivity index (χ1) is 13.8. The lowest BCUT2D eigenvalue weighted by Gasteiger charge is -2.34. The smallest absolute Gasteiger partial charge is 0.231 e. The van der Waals surface area contributed by atoms with Gasteiger partial charge in [-0.2, -0.15) is 0 Å². The molecular weight excluding hydrogens is 389 g/mol. The van der Waals surface area contributed by atoms with Crippen molar-refractivity contribution in [3.8, 4) is 0 Å². The van der Waals surface area contributed by atoms with Crippen LogP contribution in [0.5, 0.6) is 0 Å². The third-order valence-corrected chi connectivity index (χ3v) is 6.41. The van der Waals surface area contributed by atoms with E-state index in [1.54, 1.807) is 19.1 Å². The number of Topliss-reactive ketones (excluding diaryl/α,β-unsaturated/α-hetero) is 1. The van der Waals surface area contributed by atoms with Gasteiger partial charge in [-0.15, -0.1) is 11.3 Å². The van der Waals surface area contributed by atoms with Crippen LogP contribution in [0.2, 0.25) is 0 Å². The highest BCUT2D eigenvalue weighted by Gasteiger charge is 2.38. The highest BCUT2D eigenvalue weighted by Crippen LogP contribution is 2.35. The zero-order chi connectivity index (χ0) is 20.8.